The van der Waals surface area contributed by atoms with Gasteiger partial charge in [-0.2, -0.15) is 0 Å². The van der Waals surface area contributed by atoms with Crippen molar-refractivity contribution in [3.63, 3.8) is 0 Å². The molecule has 0 amide bonds. The van der Waals surface area contributed by atoms with Crippen LogP contribution in [0.15, 0.2) is 29.0 Å². The maximum Gasteiger partial charge on any atom is 0.342 e. The third-order valence-corrected chi connectivity index (χ3v) is 2.60. The van der Waals surface area contributed by atoms with E-state index in [1.54, 1.807) is 18.2 Å². The van der Waals surface area contributed by atoms with Gasteiger partial charge in [-0.3, -0.25) is 0 Å². The lowest BCUT2D eigenvalue weighted by molar-refractivity contribution is 0.0597. The van der Waals surface area contributed by atoms with Crippen LogP contribution in [-0.4, -0.2) is 30.3 Å². The van der Waals surface area contributed by atoms with E-state index >= 15 is 0 Å². The second-order valence-corrected chi connectivity index (χ2v) is 3.81. The topological polar surface area (TPSA) is 81.8 Å². The van der Waals surface area contributed by atoms with E-state index in [1.165, 1.54) is 32.7 Å². The fraction of sp³-hybridized carbons (Fsp3) is 0.143. The predicted octanol–water partition coefficient (Wildman–Crippen LogP) is 2.35. The van der Waals surface area contributed by atoms with Gasteiger partial charge in [0, 0.05) is 12.1 Å². The van der Waals surface area contributed by atoms with E-state index in [0.717, 1.165) is 0 Å². The van der Waals surface area contributed by atoms with Crippen LogP contribution in [0, 0.1) is 0 Å². The number of oxazole rings is 1. The van der Waals surface area contributed by atoms with Crippen LogP contribution in [0.2, 0.25) is 0 Å². The van der Waals surface area contributed by atoms with Crippen molar-refractivity contribution >= 4 is 18.1 Å². The van der Waals surface area contributed by atoms with Gasteiger partial charge in [0.25, 0.3) is 0 Å². The number of phenols is 1. The number of carbonyl (C=O) groups is 1. The molecule has 1 aromatic carbocycles. The molecule has 2 rings (SSSR count). The minimum atomic E-state index is -0.641. The summed E-state index contributed by atoms with van der Waals surface area (Å²) in [4.78, 5) is 15.6. The van der Waals surface area contributed by atoms with E-state index in [2.05, 4.69) is 9.72 Å². The molecule has 1 N–H and O–H groups in total. The van der Waals surface area contributed by atoms with Gasteiger partial charge >= 0.3 is 5.97 Å². The van der Waals surface area contributed by atoms with Gasteiger partial charge in [0.15, 0.2) is 0 Å². The highest BCUT2D eigenvalue weighted by atomic mass is 16.5. The first-order chi connectivity index (χ1) is 9.65. The summed E-state index contributed by atoms with van der Waals surface area (Å²) in [7, 11) is 2.71. The van der Waals surface area contributed by atoms with Gasteiger partial charge in [0.2, 0.25) is 5.89 Å². The molecule has 0 fully saturated rings. The first-order valence-electron chi connectivity index (χ1n) is 5.72. The fourth-order valence-electron chi connectivity index (χ4n) is 1.67. The first-order valence-corrected chi connectivity index (χ1v) is 5.72. The molecule has 0 atom stereocenters. The molecule has 104 valence electrons. The van der Waals surface area contributed by atoms with Crippen molar-refractivity contribution in [1.82, 2.24) is 4.98 Å². The number of phenolic OH excluding ortho intramolecular Hbond substituents is 1. The number of benzene rings is 1. The first kappa shape index (κ1) is 13.7. The quantitative estimate of drug-likeness (QED) is 0.862. The zero-order chi connectivity index (χ0) is 14.5. The lowest BCUT2D eigenvalue weighted by Crippen LogP contribution is -2.04. The molecule has 0 aliphatic rings. The van der Waals surface area contributed by atoms with E-state index in [9.17, 15) is 9.90 Å². The van der Waals surface area contributed by atoms with Crippen molar-refractivity contribution in [2.75, 3.05) is 14.2 Å². The molecule has 2 aromatic rings. The van der Waals surface area contributed by atoms with Crippen LogP contribution < -0.4 is 4.74 Å². The number of ether oxygens (including phenoxy) is 2. The van der Waals surface area contributed by atoms with Gasteiger partial charge in [-0.15, -0.1) is 0 Å². The van der Waals surface area contributed by atoms with Crippen molar-refractivity contribution in [1.29, 1.82) is 0 Å². The van der Waals surface area contributed by atoms with Crippen molar-refractivity contribution in [2.24, 2.45) is 0 Å². The van der Waals surface area contributed by atoms with Crippen molar-refractivity contribution in [3.05, 3.63) is 41.6 Å². The summed E-state index contributed by atoms with van der Waals surface area (Å²) >= 11 is 0. The Hall–Kier alpha value is -2.76. The molecule has 20 heavy (non-hydrogen) atoms. The van der Waals surface area contributed by atoms with E-state index in [1.807, 2.05) is 0 Å². The second-order valence-electron chi connectivity index (χ2n) is 3.81. The Morgan fingerprint density at radius 2 is 2.15 bits per heavy atom. The fourth-order valence-corrected chi connectivity index (χ4v) is 1.67. The van der Waals surface area contributed by atoms with Crippen molar-refractivity contribution < 1.29 is 23.8 Å². The van der Waals surface area contributed by atoms with Crippen LogP contribution in [-0.2, 0) is 4.74 Å². The number of hydrogen-bond donors (Lipinski definition) is 1. The summed E-state index contributed by atoms with van der Waals surface area (Å²) < 4.78 is 14.8. The molecule has 6 nitrogen and oxygen atoms in total. The molecule has 0 saturated carbocycles. The third kappa shape index (κ3) is 2.80. The Morgan fingerprint density at radius 1 is 1.35 bits per heavy atom. The van der Waals surface area contributed by atoms with Gasteiger partial charge in [-0.25, -0.2) is 9.78 Å². The Labute approximate surface area is 115 Å². The smallest absolute Gasteiger partial charge is 0.342 e. The van der Waals surface area contributed by atoms with Crippen molar-refractivity contribution in [2.45, 2.75) is 0 Å². The number of aromatic nitrogens is 1. The van der Waals surface area contributed by atoms with Gasteiger partial charge < -0.3 is 19.0 Å². The molecule has 0 saturated heterocycles. The number of carbonyl (C=O) groups excluding carboxylic acids is 1. The third-order valence-electron chi connectivity index (χ3n) is 2.60. The number of methoxy groups -OCH3 is 2. The van der Waals surface area contributed by atoms with Gasteiger partial charge in [-0.05, 0) is 17.7 Å². The molecule has 1 heterocycles. The van der Waals surface area contributed by atoms with Gasteiger partial charge in [-0.1, -0.05) is 0 Å². The second kappa shape index (κ2) is 5.92. The van der Waals surface area contributed by atoms with E-state index in [0.29, 0.717) is 17.2 Å². The maximum atomic E-state index is 11.7. The molecule has 0 aliphatic carbocycles. The Balaban J connectivity index is 2.48. The largest absolute Gasteiger partial charge is 0.507 e. The van der Waals surface area contributed by atoms with E-state index in [-0.39, 0.29) is 11.3 Å². The Bertz CT molecular complexity index is 631. The van der Waals surface area contributed by atoms with E-state index in [4.69, 9.17) is 9.15 Å². The minimum Gasteiger partial charge on any atom is -0.507 e. The summed E-state index contributed by atoms with van der Waals surface area (Å²) in [5, 5.41) is 9.91. The van der Waals surface area contributed by atoms with Crippen LogP contribution in [0.5, 0.6) is 11.5 Å². The lowest BCUT2D eigenvalue weighted by Gasteiger charge is -2.09. The summed E-state index contributed by atoms with van der Waals surface area (Å²) in [6.07, 6.45) is 6.09. The van der Waals surface area contributed by atoms with Gasteiger partial charge in [0.05, 0.1) is 20.4 Å². The maximum absolute atomic E-state index is 11.7. The Kier molecular flexibility index (Phi) is 4.05. The molecule has 0 radical (unpaired) electrons. The highest BCUT2D eigenvalue weighted by Crippen LogP contribution is 2.29. The van der Waals surface area contributed by atoms with Gasteiger partial charge in [0.1, 0.15) is 23.3 Å². The minimum absolute atomic E-state index is 0.0520. The summed E-state index contributed by atoms with van der Waals surface area (Å²) in [5.41, 5.74) is 0.489. The zero-order valence-corrected chi connectivity index (χ0v) is 11.0. The molecule has 0 aliphatic heterocycles. The van der Waals surface area contributed by atoms with Crippen LogP contribution in [0.3, 0.4) is 0 Å². The average molecular weight is 275 g/mol. The molecule has 1 aromatic heterocycles. The van der Waals surface area contributed by atoms with E-state index < -0.39 is 5.97 Å². The number of nitrogens with zero attached hydrogens (tertiary/aromatic N) is 1. The number of aromatic hydroxyl groups is 1. The summed E-state index contributed by atoms with van der Waals surface area (Å²) in [5.74, 6) is -0.0641. The molecule has 0 spiro atoms. The average Bonchev–Trinajstić information content (AvgIpc) is 2.97. The van der Waals surface area contributed by atoms with Crippen LogP contribution in [0.1, 0.15) is 21.8 Å². The molecular formula is C14H13NO5. The van der Waals surface area contributed by atoms with Crippen LogP contribution in [0.25, 0.3) is 12.2 Å². The number of esters is 1. The highest BCUT2D eigenvalue weighted by molar-refractivity contribution is 5.97. The number of hydrogen-bond acceptors (Lipinski definition) is 6. The summed E-state index contributed by atoms with van der Waals surface area (Å²) in [6.45, 7) is 0. The lowest BCUT2D eigenvalue weighted by atomic mass is 10.1. The number of rotatable bonds is 4. The molecular weight excluding hydrogens is 262 g/mol. The van der Waals surface area contributed by atoms with Crippen molar-refractivity contribution in [3.8, 4) is 11.5 Å². The molecule has 0 bridgehead atoms. The monoisotopic (exact) mass is 275 g/mol. The zero-order valence-electron chi connectivity index (χ0n) is 11.0. The standard InChI is InChI=1S/C14H13NO5/c1-18-10-7-9(3-4-12-15-5-6-20-12)13(11(16)8-10)14(17)19-2/h3-8,16H,1-2H3/b4-3+. The summed E-state index contributed by atoms with van der Waals surface area (Å²) in [6, 6.07) is 2.94. The molecule has 0 unspecified atom stereocenters. The van der Waals surface area contributed by atoms with Crippen LogP contribution in [0.4, 0.5) is 0 Å². The predicted molar refractivity (Wildman–Crippen MR) is 71.4 cm³/mol. The molecule has 6 heteroatoms. The highest BCUT2D eigenvalue weighted by Gasteiger charge is 2.17. The van der Waals surface area contributed by atoms with Crippen LogP contribution >= 0.6 is 0 Å². The normalized spacial score (nSPS) is 10.7. The Morgan fingerprint density at radius 3 is 2.75 bits per heavy atom. The SMILES string of the molecule is COC(=O)c1c(O)cc(OC)cc1/C=C/c1ncco1.